The van der Waals surface area contributed by atoms with Crippen LogP contribution in [0.1, 0.15) is 30.7 Å². The Bertz CT molecular complexity index is 854. The van der Waals surface area contributed by atoms with E-state index in [1.807, 2.05) is 83.1 Å². The Labute approximate surface area is 151 Å². The first kappa shape index (κ1) is 18.9. The van der Waals surface area contributed by atoms with Crippen LogP contribution in [0.25, 0.3) is 11.1 Å². The van der Waals surface area contributed by atoms with Gasteiger partial charge in [-0.05, 0) is 38.0 Å². The van der Waals surface area contributed by atoms with Crippen LogP contribution in [0, 0.1) is 20.8 Å². The standard InChI is InChI=1S/C18H18N2O2S.C2H6/c1-12-8-10-15(11-9-12)16-6-4-5-7-17(16)23(21)20-18-13(2)14(3)22-19-18;1-2/h4-11H,1-3H3,(H,19,20);1-2H3. The second-order valence-corrected chi connectivity index (χ2v) is 6.63. The molecule has 3 aromatic rings. The number of benzene rings is 2. The second-order valence-electron chi connectivity index (χ2n) is 5.45. The Balaban J connectivity index is 0.00000109. The molecular weight excluding hydrogens is 332 g/mol. The molecule has 3 rings (SSSR count). The van der Waals surface area contributed by atoms with E-state index in [0.29, 0.717) is 5.82 Å². The molecule has 1 unspecified atom stereocenters. The van der Waals surface area contributed by atoms with Gasteiger partial charge in [0.15, 0.2) is 16.8 Å². The first-order valence-electron chi connectivity index (χ1n) is 8.33. The molecule has 0 spiro atoms. The van der Waals surface area contributed by atoms with Crippen LogP contribution < -0.4 is 4.72 Å². The minimum Gasteiger partial charge on any atom is -0.359 e. The summed E-state index contributed by atoms with van der Waals surface area (Å²) in [4.78, 5) is 0.719. The van der Waals surface area contributed by atoms with Crippen molar-refractivity contribution in [3.63, 3.8) is 0 Å². The molecule has 0 saturated carbocycles. The SMILES string of the molecule is CC.Cc1ccc(-c2ccccc2S(=O)Nc2noc(C)c2C)cc1. The Kier molecular flexibility index (Phi) is 6.53. The van der Waals surface area contributed by atoms with Gasteiger partial charge in [0.1, 0.15) is 5.76 Å². The van der Waals surface area contributed by atoms with E-state index in [9.17, 15) is 4.21 Å². The zero-order valence-electron chi connectivity index (χ0n) is 15.3. The molecule has 1 aromatic heterocycles. The van der Waals surface area contributed by atoms with Crippen LogP contribution in [0.3, 0.4) is 0 Å². The maximum Gasteiger partial charge on any atom is 0.184 e. The zero-order valence-corrected chi connectivity index (χ0v) is 16.1. The molecule has 1 atom stereocenters. The minimum absolute atomic E-state index is 0.513. The predicted octanol–water partition coefficient (Wildman–Crippen LogP) is 5.43. The van der Waals surface area contributed by atoms with E-state index >= 15 is 0 Å². The summed E-state index contributed by atoms with van der Waals surface area (Å²) in [6.45, 7) is 9.76. The fourth-order valence-corrected chi connectivity index (χ4v) is 3.32. The third kappa shape index (κ3) is 4.37. The van der Waals surface area contributed by atoms with Gasteiger partial charge in [-0.1, -0.05) is 67.0 Å². The van der Waals surface area contributed by atoms with Crippen molar-refractivity contribution in [3.05, 3.63) is 65.4 Å². The van der Waals surface area contributed by atoms with Crippen molar-refractivity contribution < 1.29 is 8.73 Å². The highest BCUT2D eigenvalue weighted by Gasteiger charge is 2.15. The van der Waals surface area contributed by atoms with Crippen molar-refractivity contribution in [3.8, 4) is 11.1 Å². The molecule has 0 aliphatic rings. The largest absolute Gasteiger partial charge is 0.359 e. The number of aryl methyl sites for hydroxylation is 2. The van der Waals surface area contributed by atoms with E-state index < -0.39 is 11.0 Å². The van der Waals surface area contributed by atoms with Crippen LogP contribution in [0.15, 0.2) is 57.9 Å². The molecule has 1 heterocycles. The lowest BCUT2D eigenvalue weighted by Crippen LogP contribution is -2.07. The molecule has 4 nitrogen and oxygen atoms in total. The molecular formula is C20H24N2O2S. The molecule has 1 N–H and O–H groups in total. The fourth-order valence-electron chi connectivity index (χ4n) is 2.26. The average molecular weight is 356 g/mol. The molecule has 0 aliphatic heterocycles. The molecule has 0 bridgehead atoms. The molecule has 0 saturated heterocycles. The topological polar surface area (TPSA) is 55.1 Å². The van der Waals surface area contributed by atoms with E-state index in [1.54, 1.807) is 0 Å². The smallest absolute Gasteiger partial charge is 0.184 e. The van der Waals surface area contributed by atoms with E-state index in [4.69, 9.17) is 4.52 Å². The second kappa shape index (κ2) is 8.62. The quantitative estimate of drug-likeness (QED) is 0.678. The molecule has 0 aliphatic carbocycles. The molecule has 132 valence electrons. The van der Waals surface area contributed by atoms with E-state index in [-0.39, 0.29) is 0 Å². The van der Waals surface area contributed by atoms with Crippen molar-refractivity contribution in [1.82, 2.24) is 5.16 Å². The number of anilines is 1. The fraction of sp³-hybridized carbons (Fsp3) is 0.250. The zero-order chi connectivity index (χ0) is 18.4. The molecule has 0 fully saturated rings. The summed E-state index contributed by atoms with van der Waals surface area (Å²) in [7, 11) is -1.42. The maximum absolute atomic E-state index is 12.8. The van der Waals surface area contributed by atoms with Crippen LogP contribution >= 0.6 is 0 Å². The van der Waals surface area contributed by atoms with E-state index in [0.717, 1.165) is 27.3 Å². The number of hydrogen-bond acceptors (Lipinski definition) is 3. The Morgan fingerprint density at radius 1 is 0.960 bits per heavy atom. The van der Waals surface area contributed by atoms with Crippen molar-refractivity contribution in [1.29, 1.82) is 0 Å². The maximum atomic E-state index is 12.8. The minimum atomic E-state index is -1.42. The van der Waals surface area contributed by atoms with Gasteiger partial charge in [0.25, 0.3) is 0 Å². The highest BCUT2D eigenvalue weighted by molar-refractivity contribution is 7.86. The summed E-state index contributed by atoms with van der Waals surface area (Å²) < 4.78 is 20.8. The Hall–Kier alpha value is -2.40. The lowest BCUT2D eigenvalue weighted by atomic mass is 10.0. The third-order valence-electron chi connectivity index (χ3n) is 3.80. The van der Waals surface area contributed by atoms with Crippen LogP contribution in [-0.2, 0) is 11.0 Å². The first-order chi connectivity index (χ1) is 12.1. The van der Waals surface area contributed by atoms with Gasteiger partial charge in [-0.25, -0.2) is 4.21 Å². The van der Waals surface area contributed by atoms with Crippen molar-refractivity contribution >= 4 is 16.8 Å². The first-order valence-corrected chi connectivity index (χ1v) is 9.48. The van der Waals surface area contributed by atoms with Crippen LogP contribution in [0.2, 0.25) is 0 Å². The molecule has 2 aromatic carbocycles. The summed E-state index contributed by atoms with van der Waals surface area (Å²) >= 11 is 0. The van der Waals surface area contributed by atoms with Gasteiger partial charge >= 0.3 is 0 Å². The number of nitrogens with one attached hydrogen (secondary N) is 1. The number of nitrogens with zero attached hydrogens (tertiary/aromatic N) is 1. The van der Waals surface area contributed by atoms with Gasteiger partial charge < -0.3 is 4.52 Å². The van der Waals surface area contributed by atoms with Gasteiger partial charge in [-0.15, -0.1) is 0 Å². The van der Waals surface area contributed by atoms with Crippen molar-refractivity contribution in [2.24, 2.45) is 0 Å². The average Bonchev–Trinajstić information content (AvgIpc) is 2.96. The highest BCUT2D eigenvalue weighted by Crippen LogP contribution is 2.28. The number of hydrogen-bond donors (Lipinski definition) is 1. The molecule has 5 heteroatoms. The summed E-state index contributed by atoms with van der Waals surface area (Å²) in [5.41, 5.74) is 4.04. The summed E-state index contributed by atoms with van der Waals surface area (Å²) in [5, 5.41) is 3.92. The third-order valence-corrected chi connectivity index (χ3v) is 4.93. The van der Waals surface area contributed by atoms with Crippen molar-refractivity contribution in [2.45, 2.75) is 39.5 Å². The van der Waals surface area contributed by atoms with Crippen LogP contribution in [0.5, 0.6) is 0 Å². The number of aromatic nitrogens is 1. The monoisotopic (exact) mass is 356 g/mol. The van der Waals surface area contributed by atoms with E-state index in [2.05, 4.69) is 9.88 Å². The van der Waals surface area contributed by atoms with Gasteiger partial charge in [0.2, 0.25) is 0 Å². The summed E-state index contributed by atoms with van der Waals surface area (Å²) in [6.07, 6.45) is 0. The van der Waals surface area contributed by atoms with E-state index in [1.165, 1.54) is 5.56 Å². The Morgan fingerprint density at radius 2 is 1.60 bits per heavy atom. The van der Waals surface area contributed by atoms with Crippen LogP contribution in [-0.4, -0.2) is 9.37 Å². The van der Waals surface area contributed by atoms with Crippen molar-refractivity contribution in [2.75, 3.05) is 4.72 Å². The predicted molar refractivity (Wildman–Crippen MR) is 104 cm³/mol. The van der Waals surface area contributed by atoms with Gasteiger partial charge in [0.05, 0.1) is 4.90 Å². The normalized spacial score (nSPS) is 11.4. The molecule has 0 amide bonds. The van der Waals surface area contributed by atoms with Gasteiger partial charge in [-0.2, -0.15) is 0 Å². The van der Waals surface area contributed by atoms with Crippen LogP contribution in [0.4, 0.5) is 5.82 Å². The lowest BCUT2D eigenvalue weighted by Gasteiger charge is -2.10. The Morgan fingerprint density at radius 3 is 2.20 bits per heavy atom. The summed E-state index contributed by atoms with van der Waals surface area (Å²) in [6, 6.07) is 15.8. The highest BCUT2D eigenvalue weighted by atomic mass is 32.2. The number of rotatable bonds is 4. The van der Waals surface area contributed by atoms with Gasteiger partial charge in [-0.3, -0.25) is 4.72 Å². The summed E-state index contributed by atoms with van der Waals surface area (Å²) in [5.74, 6) is 1.23. The lowest BCUT2D eigenvalue weighted by molar-refractivity contribution is 0.399. The van der Waals surface area contributed by atoms with Gasteiger partial charge in [0, 0.05) is 5.56 Å². The molecule has 25 heavy (non-hydrogen) atoms. The molecule has 0 radical (unpaired) electrons.